The molecule has 0 aliphatic rings. The molecular formula is C44H24N2O2S. The molecule has 49 heavy (non-hydrogen) atoms. The Kier molecular flexibility index (Phi) is 5.51. The first-order valence-corrected chi connectivity index (χ1v) is 17.1. The highest BCUT2D eigenvalue weighted by Crippen LogP contribution is 2.45. The summed E-state index contributed by atoms with van der Waals surface area (Å²) in [6.07, 6.45) is 0. The van der Waals surface area contributed by atoms with Crippen LogP contribution in [0.4, 0.5) is 0 Å². The van der Waals surface area contributed by atoms with Crippen LogP contribution in [-0.4, -0.2) is 9.97 Å². The quantitative estimate of drug-likeness (QED) is 0.192. The summed E-state index contributed by atoms with van der Waals surface area (Å²) >= 11 is 1.80. The fourth-order valence-corrected chi connectivity index (χ4v) is 8.65. The minimum Gasteiger partial charge on any atom is -0.455 e. The Balaban J connectivity index is 1.24. The first-order chi connectivity index (χ1) is 24.3. The van der Waals surface area contributed by atoms with Crippen molar-refractivity contribution in [3.05, 3.63) is 146 Å². The molecule has 4 aromatic heterocycles. The number of para-hydroxylation sites is 2. The summed E-state index contributed by atoms with van der Waals surface area (Å²) in [6.45, 7) is 0. The normalized spacial score (nSPS) is 12.1. The Morgan fingerprint density at radius 2 is 1.10 bits per heavy atom. The van der Waals surface area contributed by atoms with Gasteiger partial charge in [-0.25, -0.2) is 9.97 Å². The summed E-state index contributed by atoms with van der Waals surface area (Å²) in [5.74, 6) is 0.600. The third-order valence-electron chi connectivity index (χ3n) is 9.71. The van der Waals surface area contributed by atoms with Crippen molar-refractivity contribution in [1.82, 2.24) is 9.97 Å². The van der Waals surface area contributed by atoms with Crippen molar-refractivity contribution < 1.29 is 8.83 Å². The average molecular weight is 645 g/mol. The predicted octanol–water partition coefficient (Wildman–Crippen LogP) is 12.8. The smallest absolute Gasteiger partial charge is 0.180 e. The van der Waals surface area contributed by atoms with Gasteiger partial charge in [0.1, 0.15) is 28.0 Å². The maximum Gasteiger partial charge on any atom is 0.180 e. The topological polar surface area (TPSA) is 52.1 Å². The number of rotatable bonds is 3. The van der Waals surface area contributed by atoms with Crippen LogP contribution in [0.3, 0.4) is 0 Å². The molecular weight excluding hydrogens is 621 g/mol. The highest BCUT2D eigenvalue weighted by molar-refractivity contribution is 7.25. The second-order valence-electron chi connectivity index (χ2n) is 12.4. The van der Waals surface area contributed by atoms with E-state index in [1.807, 2.05) is 18.2 Å². The van der Waals surface area contributed by atoms with E-state index >= 15 is 0 Å². The standard InChI is InChI=1S/C44H24N2O2S/c1-2-12-25(13-3-1)33-24-34-28-18-10-20-32(41(28)48-42(34)27-15-5-4-14-26(27)33)44-45-39-29-16-6-8-21-35(29)47-43(39)40(46-44)31-19-11-23-37-38(31)30-17-7-9-22-36(30)49-37/h1-24H. The number of nitrogens with zero attached hydrogens (tertiary/aromatic N) is 2. The Morgan fingerprint density at radius 3 is 2.00 bits per heavy atom. The van der Waals surface area contributed by atoms with Gasteiger partial charge in [0.25, 0.3) is 0 Å². The van der Waals surface area contributed by atoms with Crippen molar-refractivity contribution in [1.29, 1.82) is 0 Å². The molecule has 0 aliphatic heterocycles. The van der Waals surface area contributed by atoms with Crippen LogP contribution in [-0.2, 0) is 0 Å². The van der Waals surface area contributed by atoms with Crippen LogP contribution in [0.2, 0.25) is 0 Å². The molecule has 0 atom stereocenters. The van der Waals surface area contributed by atoms with Crippen molar-refractivity contribution in [2.75, 3.05) is 0 Å². The molecule has 0 saturated heterocycles. The second kappa shape index (κ2) is 10.1. The van der Waals surface area contributed by atoms with Crippen LogP contribution in [0.5, 0.6) is 0 Å². The fourth-order valence-electron chi connectivity index (χ4n) is 7.52. The summed E-state index contributed by atoms with van der Waals surface area (Å²) in [5, 5.41) is 7.68. The van der Waals surface area contributed by atoms with Gasteiger partial charge in [0.2, 0.25) is 0 Å². The Hall–Kier alpha value is -6.30. The number of thiophene rings is 1. The van der Waals surface area contributed by atoms with Gasteiger partial charge in [0, 0.05) is 47.3 Å². The van der Waals surface area contributed by atoms with E-state index in [1.165, 1.54) is 31.3 Å². The molecule has 11 rings (SSSR count). The Labute approximate surface area is 283 Å². The lowest BCUT2D eigenvalue weighted by atomic mass is 9.95. The molecule has 4 heterocycles. The van der Waals surface area contributed by atoms with E-state index in [-0.39, 0.29) is 0 Å². The molecule has 0 unspecified atom stereocenters. The van der Waals surface area contributed by atoms with E-state index in [0.717, 1.165) is 66.0 Å². The van der Waals surface area contributed by atoms with Gasteiger partial charge < -0.3 is 8.83 Å². The summed E-state index contributed by atoms with van der Waals surface area (Å²) in [7, 11) is 0. The molecule has 0 radical (unpaired) electrons. The van der Waals surface area contributed by atoms with E-state index in [2.05, 4.69) is 127 Å². The van der Waals surface area contributed by atoms with Gasteiger partial charge in [-0.2, -0.15) is 0 Å². The highest BCUT2D eigenvalue weighted by Gasteiger charge is 2.23. The van der Waals surface area contributed by atoms with E-state index in [4.69, 9.17) is 18.8 Å². The largest absolute Gasteiger partial charge is 0.455 e. The lowest BCUT2D eigenvalue weighted by molar-refractivity contribution is 0.666. The maximum absolute atomic E-state index is 6.88. The zero-order valence-corrected chi connectivity index (χ0v) is 26.8. The van der Waals surface area contributed by atoms with Crippen LogP contribution >= 0.6 is 11.3 Å². The van der Waals surface area contributed by atoms with Gasteiger partial charge in [-0.05, 0) is 52.9 Å². The molecule has 228 valence electrons. The molecule has 11 aromatic rings. The number of fused-ring (bicyclic) bond motifs is 11. The van der Waals surface area contributed by atoms with E-state index in [9.17, 15) is 0 Å². The molecule has 0 fully saturated rings. The van der Waals surface area contributed by atoms with Crippen molar-refractivity contribution in [2.24, 2.45) is 0 Å². The van der Waals surface area contributed by atoms with Gasteiger partial charge in [-0.1, -0.05) is 109 Å². The summed E-state index contributed by atoms with van der Waals surface area (Å²) in [6, 6.07) is 50.7. The fraction of sp³-hybridized carbons (Fsp3) is 0. The average Bonchev–Trinajstić information content (AvgIpc) is 3.86. The van der Waals surface area contributed by atoms with Crippen molar-refractivity contribution in [2.45, 2.75) is 0 Å². The zero-order valence-electron chi connectivity index (χ0n) is 26.0. The minimum atomic E-state index is 0.600. The maximum atomic E-state index is 6.88. The number of hydrogen-bond donors (Lipinski definition) is 0. The van der Waals surface area contributed by atoms with Crippen molar-refractivity contribution in [3.63, 3.8) is 0 Å². The molecule has 0 aliphatic carbocycles. The lowest BCUT2D eigenvalue weighted by Crippen LogP contribution is -1.94. The number of aromatic nitrogens is 2. The van der Waals surface area contributed by atoms with Crippen molar-refractivity contribution in [3.8, 4) is 33.8 Å². The molecule has 0 amide bonds. The van der Waals surface area contributed by atoms with Crippen LogP contribution in [0.1, 0.15) is 0 Å². The lowest BCUT2D eigenvalue weighted by Gasteiger charge is -2.08. The molecule has 0 spiro atoms. The SMILES string of the molecule is c1ccc(-c2cc3c4cccc(-c5nc(-c6cccc7sc8ccccc8c67)c6oc7ccccc7c6n5)c4oc3c3ccccc23)cc1. The van der Waals surface area contributed by atoms with Gasteiger partial charge >= 0.3 is 0 Å². The molecule has 5 heteroatoms. The van der Waals surface area contributed by atoms with Crippen LogP contribution in [0.15, 0.2) is 154 Å². The summed E-state index contributed by atoms with van der Waals surface area (Å²) < 4.78 is 15.9. The summed E-state index contributed by atoms with van der Waals surface area (Å²) in [4.78, 5) is 10.6. The van der Waals surface area contributed by atoms with Crippen LogP contribution in [0, 0.1) is 0 Å². The number of benzene rings is 7. The van der Waals surface area contributed by atoms with Crippen LogP contribution in [0.25, 0.3) is 109 Å². The molecule has 4 nitrogen and oxygen atoms in total. The van der Waals surface area contributed by atoms with Gasteiger partial charge in [-0.3, -0.25) is 0 Å². The molecule has 0 N–H and O–H groups in total. The zero-order chi connectivity index (χ0) is 32.1. The van der Waals surface area contributed by atoms with Gasteiger partial charge in [0.05, 0.1) is 5.56 Å². The van der Waals surface area contributed by atoms with Crippen LogP contribution < -0.4 is 0 Å². The van der Waals surface area contributed by atoms with Gasteiger partial charge in [-0.15, -0.1) is 11.3 Å². The minimum absolute atomic E-state index is 0.600. The highest BCUT2D eigenvalue weighted by atomic mass is 32.1. The number of hydrogen-bond acceptors (Lipinski definition) is 5. The first kappa shape index (κ1) is 26.7. The van der Waals surface area contributed by atoms with Gasteiger partial charge in [0.15, 0.2) is 11.4 Å². The predicted molar refractivity (Wildman–Crippen MR) is 203 cm³/mol. The molecule has 0 saturated carbocycles. The third-order valence-corrected chi connectivity index (χ3v) is 10.8. The Bertz CT molecular complexity index is 3110. The van der Waals surface area contributed by atoms with E-state index in [0.29, 0.717) is 11.4 Å². The van der Waals surface area contributed by atoms with E-state index < -0.39 is 0 Å². The summed E-state index contributed by atoms with van der Waals surface area (Å²) in [5.41, 5.74) is 8.88. The second-order valence-corrected chi connectivity index (χ2v) is 13.5. The Morgan fingerprint density at radius 1 is 0.429 bits per heavy atom. The van der Waals surface area contributed by atoms with E-state index in [1.54, 1.807) is 11.3 Å². The third kappa shape index (κ3) is 3.85. The molecule has 7 aromatic carbocycles. The number of furan rings is 2. The monoisotopic (exact) mass is 644 g/mol. The molecule has 0 bridgehead atoms. The first-order valence-electron chi connectivity index (χ1n) is 16.3. The van der Waals surface area contributed by atoms with Crippen molar-refractivity contribution >= 4 is 86.3 Å².